The van der Waals surface area contributed by atoms with Gasteiger partial charge in [-0.15, -0.1) is 0 Å². The predicted octanol–water partition coefficient (Wildman–Crippen LogP) is 2.19. The molecule has 2 rings (SSSR count). The zero-order valence-corrected chi connectivity index (χ0v) is 15.0. The predicted molar refractivity (Wildman–Crippen MR) is 91.8 cm³/mol. The third-order valence-corrected chi connectivity index (χ3v) is 4.99. The molecule has 1 unspecified atom stereocenters. The fraction of sp³-hybridized carbons (Fsp3) is 0.722. The van der Waals surface area contributed by atoms with Crippen LogP contribution in [-0.4, -0.2) is 44.8 Å². The zero-order valence-electron chi connectivity index (χ0n) is 15.0. The van der Waals surface area contributed by atoms with E-state index in [2.05, 4.69) is 18.9 Å². The van der Waals surface area contributed by atoms with Gasteiger partial charge in [0.15, 0.2) is 0 Å². The van der Waals surface area contributed by atoms with Crippen molar-refractivity contribution in [1.29, 1.82) is 0 Å². The lowest BCUT2D eigenvalue weighted by Gasteiger charge is -2.32. The third-order valence-electron chi connectivity index (χ3n) is 4.99. The van der Waals surface area contributed by atoms with Crippen molar-refractivity contribution in [3.8, 4) is 0 Å². The molecule has 1 atom stereocenters. The van der Waals surface area contributed by atoms with Crippen LogP contribution in [0.15, 0.2) is 0 Å². The summed E-state index contributed by atoms with van der Waals surface area (Å²) in [4.78, 5) is 25.4. The van der Waals surface area contributed by atoms with E-state index in [4.69, 9.17) is 5.11 Å². The van der Waals surface area contributed by atoms with Crippen LogP contribution in [0.2, 0.25) is 0 Å². The number of rotatable bonds is 7. The van der Waals surface area contributed by atoms with Crippen LogP contribution >= 0.6 is 0 Å². The molecular weight excluding hydrogens is 306 g/mol. The minimum absolute atomic E-state index is 0.146. The van der Waals surface area contributed by atoms with Crippen LogP contribution in [0, 0.1) is 5.92 Å². The van der Waals surface area contributed by atoms with Gasteiger partial charge in [-0.2, -0.15) is 5.10 Å². The highest BCUT2D eigenvalue weighted by molar-refractivity contribution is 5.79. The molecule has 1 N–H and O–H groups in total. The van der Waals surface area contributed by atoms with Crippen LogP contribution < -0.4 is 0 Å². The van der Waals surface area contributed by atoms with Crippen LogP contribution in [0.4, 0.5) is 0 Å². The van der Waals surface area contributed by atoms with E-state index in [0.717, 1.165) is 49.2 Å². The number of nitrogens with zero attached hydrogens (tertiary/aromatic N) is 3. The van der Waals surface area contributed by atoms with E-state index in [1.54, 1.807) is 0 Å². The van der Waals surface area contributed by atoms with Crippen molar-refractivity contribution in [2.45, 2.75) is 58.8 Å². The number of likely N-dealkylation sites (tertiary alicyclic amines) is 1. The van der Waals surface area contributed by atoms with Crippen molar-refractivity contribution in [1.82, 2.24) is 14.7 Å². The van der Waals surface area contributed by atoms with Crippen molar-refractivity contribution in [2.24, 2.45) is 13.0 Å². The average Bonchev–Trinajstić information content (AvgIpc) is 2.87. The van der Waals surface area contributed by atoms with E-state index in [9.17, 15) is 9.59 Å². The highest BCUT2D eigenvalue weighted by atomic mass is 16.4. The van der Waals surface area contributed by atoms with Crippen LogP contribution in [0.1, 0.15) is 56.5 Å². The minimum Gasteiger partial charge on any atom is -0.481 e. The molecule has 6 heteroatoms. The second-order valence-corrected chi connectivity index (χ2v) is 6.66. The molecule has 1 amide bonds. The van der Waals surface area contributed by atoms with E-state index in [1.165, 1.54) is 0 Å². The maximum atomic E-state index is 12.8. The van der Waals surface area contributed by atoms with E-state index in [0.29, 0.717) is 25.3 Å². The van der Waals surface area contributed by atoms with Gasteiger partial charge in [0.25, 0.3) is 0 Å². The summed E-state index contributed by atoms with van der Waals surface area (Å²) in [6.07, 6.45) is 4.94. The second kappa shape index (κ2) is 8.31. The lowest BCUT2D eigenvalue weighted by Crippen LogP contribution is -2.41. The summed E-state index contributed by atoms with van der Waals surface area (Å²) in [6.45, 7) is 5.63. The first-order valence-corrected chi connectivity index (χ1v) is 8.99. The number of aliphatic carboxylic acids is 1. The first kappa shape index (κ1) is 18.5. The summed E-state index contributed by atoms with van der Waals surface area (Å²) in [5.41, 5.74) is 3.24. The molecule has 0 aliphatic carbocycles. The fourth-order valence-electron chi connectivity index (χ4n) is 3.71. The molecule has 0 radical (unpaired) electrons. The first-order chi connectivity index (χ1) is 11.5. The SMILES string of the molecule is CCc1nn(C)c(CC)c1CC(=O)N1CCCC(CCC(=O)O)C1. The molecule has 1 aliphatic rings. The van der Waals surface area contributed by atoms with Gasteiger partial charge in [-0.25, -0.2) is 0 Å². The molecule has 0 aromatic carbocycles. The smallest absolute Gasteiger partial charge is 0.303 e. The number of amides is 1. The van der Waals surface area contributed by atoms with Gasteiger partial charge in [0.05, 0.1) is 12.1 Å². The largest absolute Gasteiger partial charge is 0.481 e. The highest BCUT2D eigenvalue weighted by Gasteiger charge is 2.26. The summed E-state index contributed by atoms with van der Waals surface area (Å²) in [5, 5.41) is 13.4. The van der Waals surface area contributed by atoms with Crippen LogP contribution in [0.5, 0.6) is 0 Å². The molecule has 0 saturated carbocycles. The number of carbonyl (C=O) groups excluding carboxylic acids is 1. The molecule has 24 heavy (non-hydrogen) atoms. The number of carbonyl (C=O) groups is 2. The molecule has 1 fully saturated rings. The van der Waals surface area contributed by atoms with Gasteiger partial charge in [-0.1, -0.05) is 13.8 Å². The molecule has 1 saturated heterocycles. The van der Waals surface area contributed by atoms with Crippen molar-refractivity contribution < 1.29 is 14.7 Å². The topological polar surface area (TPSA) is 75.4 Å². The maximum Gasteiger partial charge on any atom is 0.303 e. The normalized spacial score (nSPS) is 18.0. The van der Waals surface area contributed by atoms with E-state index in [-0.39, 0.29) is 12.3 Å². The lowest BCUT2D eigenvalue weighted by atomic mass is 9.93. The van der Waals surface area contributed by atoms with Crippen molar-refractivity contribution in [3.05, 3.63) is 17.0 Å². The molecule has 6 nitrogen and oxygen atoms in total. The number of carboxylic acids is 1. The van der Waals surface area contributed by atoms with Crippen molar-refractivity contribution in [3.63, 3.8) is 0 Å². The Morgan fingerprint density at radius 3 is 2.67 bits per heavy atom. The van der Waals surface area contributed by atoms with Gasteiger partial charge in [0.1, 0.15) is 0 Å². The van der Waals surface area contributed by atoms with Gasteiger partial charge < -0.3 is 10.0 Å². The first-order valence-electron chi connectivity index (χ1n) is 8.99. The zero-order chi connectivity index (χ0) is 17.7. The van der Waals surface area contributed by atoms with Crippen molar-refractivity contribution in [2.75, 3.05) is 13.1 Å². The average molecular weight is 335 g/mol. The van der Waals surface area contributed by atoms with Gasteiger partial charge in [-0.3, -0.25) is 14.3 Å². The summed E-state index contributed by atoms with van der Waals surface area (Å²) >= 11 is 0. The Kier molecular flexibility index (Phi) is 6.40. The van der Waals surface area contributed by atoms with E-state index < -0.39 is 5.97 Å². The Morgan fingerprint density at radius 2 is 2.04 bits per heavy atom. The van der Waals surface area contributed by atoms with Crippen LogP contribution in [0.3, 0.4) is 0 Å². The lowest BCUT2D eigenvalue weighted by molar-refractivity contribution is -0.137. The quantitative estimate of drug-likeness (QED) is 0.829. The summed E-state index contributed by atoms with van der Waals surface area (Å²) < 4.78 is 1.90. The molecule has 1 aromatic rings. The Morgan fingerprint density at radius 1 is 1.29 bits per heavy atom. The number of hydrogen-bond acceptors (Lipinski definition) is 3. The Hall–Kier alpha value is -1.85. The Bertz CT molecular complexity index is 595. The highest BCUT2D eigenvalue weighted by Crippen LogP contribution is 2.23. The Balaban J connectivity index is 2.03. The fourth-order valence-corrected chi connectivity index (χ4v) is 3.71. The molecule has 0 bridgehead atoms. The number of aromatic nitrogens is 2. The number of carboxylic acid groups (broad SMARTS) is 1. The molecule has 1 aromatic heterocycles. The van der Waals surface area contributed by atoms with E-state index >= 15 is 0 Å². The van der Waals surface area contributed by atoms with Gasteiger partial charge >= 0.3 is 5.97 Å². The second-order valence-electron chi connectivity index (χ2n) is 6.66. The maximum absolute atomic E-state index is 12.8. The molecule has 2 heterocycles. The standard InChI is InChI=1S/C18H29N3O3/c1-4-15-14(16(5-2)20(3)19-15)11-17(22)21-10-6-7-13(12-21)8-9-18(23)24/h13H,4-12H2,1-3H3,(H,23,24). The molecule has 0 spiro atoms. The number of hydrogen-bond donors (Lipinski definition) is 1. The summed E-state index contributed by atoms with van der Waals surface area (Å²) in [6, 6.07) is 0. The molecule has 134 valence electrons. The molecule has 1 aliphatic heterocycles. The summed E-state index contributed by atoms with van der Waals surface area (Å²) in [5.74, 6) is -0.301. The third kappa shape index (κ3) is 4.36. The minimum atomic E-state index is -0.756. The molecular formula is C18H29N3O3. The monoisotopic (exact) mass is 335 g/mol. The Labute approximate surface area is 143 Å². The van der Waals surface area contributed by atoms with Gasteiger partial charge in [0, 0.05) is 37.8 Å². The number of aryl methyl sites for hydroxylation is 2. The van der Waals surface area contributed by atoms with Crippen molar-refractivity contribution >= 4 is 11.9 Å². The van der Waals surface area contributed by atoms with Crippen LogP contribution in [0.25, 0.3) is 0 Å². The van der Waals surface area contributed by atoms with E-state index in [1.807, 2.05) is 16.6 Å². The van der Waals surface area contributed by atoms with Gasteiger partial charge in [0.2, 0.25) is 5.91 Å². The van der Waals surface area contributed by atoms with Gasteiger partial charge in [-0.05, 0) is 38.0 Å². The number of piperidine rings is 1. The van der Waals surface area contributed by atoms with Crippen LogP contribution in [-0.2, 0) is 35.9 Å². The summed E-state index contributed by atoms with van der Waals surface area (Å²) in [7, 11) is 1.94.